The molecule has 19 heavy (non-hydrogen) atoms. The highest BCUT2D eigenvalue weighted by Crippen LogP contribution is 2.19. The number of nitrogens with one attached hydrogen (secondary N) is 3. The lowest BCUT2D eigenvalue weighted by Crippen LogP contribution is -2.48. The summed E-state index contributed by atoms with van der Waals surface area (Å²) in [6.07, 6.45) is 2.32. The highest BCUT2D eigenvalue weighted by Gasteiger charge is 2.26. The van der Waals surface area contributed by atoms with E-state index in [9.17, 15) is 4.79 Å². The third-order valence-corrected chi connectivity index (χ3v) is 4.43. The average Bonchev–Trinajstić information content (AvgIpc) is 3.09. The first kappa shape index (κ1) is 12.4. The molecule has 3 N–H and O–H groups in total. The maximum Gasteiger partial charge on any atom is 0.238 e. The van der Waals surface area contributed by atoms with Crippen LogP contribution in [0.15, 0.2) is 23.8 Å². The van der Waals surface area contributed by atoms with Crippen LogP contribution in [0.3, 0.4) is 0 Å². The molecule has 0 saturated heterocycles. The van der Waals surface area contributed by atoms with Crippen LogP contribution in [0.2, 0.25) is 0 Å². The van der Waals surface area contributed by atoms with Gasteiger partial charge in [0.05, 0.1) is 29.8 Å². The Morgan fingerprint density at radius 1 is 1.63 bits per heavy atom. The lowest BCUT2D eigenvalue weighted by Gasteiger charge is -2.24. The topological polar surface area (TPSA) is 69.8 Å². The smallest absolute Gasteiger partial charge is 0.238 e. The number of thiophene rings is 1. The van der Waals surface area contributed by atoms with Gasteiger partial charge in [-0.25, -0.2) is 4.98 Å². The van der Waals surface area contributed by atoms with Gasteiger partial charge in [-0.3, -0.25) is 10.1 Å². The highest BCUT2D eigenvalue weighted by molar-refractivity contribution is 7.10. The molecule has 0 saturated carbocycles. The summed E-state index contributed by atoms with van der Waals surface area (Å²) < 4.78 is 0. The predicted molar refractivity (Wildman–Crippen MR) is 73.8 cm³/mol. The molecule has 2 aromatic heterocycles. The monoisotopic (exact) mass is 276 g/mol. The summed E-state index contributed by atoms with van der Waals surface area (Å²) >= 11 is 1.66. The summed E-state index contributed by atoms with van der Waals surface area (Å²) in [5.41, 5.74) is 2.07. The first-order valence-electron chi connectivity index (χ1n) is 6.32. The van der Waals surface area contributed by atoms with Crippen molar-refractivity contribution in [2.75, 3.05) is 0 Å². The third kappa shape index (κ3) is 2.54. The largest absolute Gasteiger partial charge is 0.347 e. The zero-order valence-electron chi connectivity index (χ0n) is 10.6. The van der Waals surface area contributed by atoms with Gasteiger partial charge in [-0.2, -0.15) is 0 Å². The molecule has 0 aromatic carbocycles. The van der Waals surface area contributed by atoms with Crippen molar-refractivity contribution in [3.63, 3.8) is 0 Å². The average molecular weight is 276 g/mol. The normalized spacial score (nSPS) is 19.7. The van der Waals surface area contributed by atoms with E-state index in [2.05, 4.69) is 20.6 Å². The van der Waals surface area contributed by atoms with Crippen LogP contribution < -0.4 is 10.6 Å². The summed E-state index contributed by atoms with van der Waals surface area (Å²) in [5, 5.41) is 8.30. The first-order valence-corrected chi connectivity index (χ1v) is 7.20. The molecular formula is C13H16N4OS. The van der Waals surface area contributed by atoms with Gasteiger partial charge in [0.25, 0.3) is 0 Å². The van der Waals surface area contributed by atoms with Crippen LogP contribution in [0, 0.1) is 0 Å². The molecule has 1 aliphatic heterocycles. The fraction of sp³-hybridized carbons (Fsp3) is 0.385. The summed E-state index contributed by atoms with van der Waals surface area (Å²) in [6.45, 7) is 2.67. The minimum Gasteiger partial charge on any atom is -0.347 e. The lowest BCUT2D eigenvalue weighted by molar-refractivity contribution is -0.124. The van der Waals surface area contributed by atoms with E-state index in [-0.39, 0.29) is 18.0 Å². The van der Waals surface area contributed by atoms with E-state index in [1.807, 2.05) is 24.4 Å². The molecule has 0 spiro atoms. The van der Waals surface area contributed by atoms with Crippen LogP contribution >= 0.6 is 11.3 Å². The molecule has 3 rings (SSSR count). The number of imidazole rings is 1. The number of fused-ring (bicyclic) bond motifs is 1. The van der Waals surface area contributed by atoms with E-state index in [1.54, 1.807) is 17.7 Å². The van der Waals surface area contributed by atoms with Gasteiger partial charge in [0.2, 0.25) is 5.91 Å². The molecule has 1 unspecified atom stereocenters. The van der Waals surface area contributed by atoms with Crippen molar-refractivity contribution >= 4 is 17.2 Å². The predicted octanol–water partition coefficient (Wildman–Crippen LogP) is 1.36. The number of nitrogens with zero attached hydrogens (tertiary/aromatic N) is 1. The molecule has 1 aliphatic rings. The number of amides is 1. The second-order valence-electron chi connectivity index (χ2n) is 4.71. The molecule has 100 valence electrons. The second kappa shape index (κ2) is 5.14. The van der Waals surface area contributed by atoms with Crippen molar-refractivity contribution in [1.82, 2.24) is 20.6 Å². The van der Waals surface area contributed by atoms with E-state index in [4.69, 9.17) is 0 Å². The molecule has 5 nitrogen and oxygen atoms in total. The van der Waals surface area contributed by atoms with Gasteiger partial charge in [0.15, 0.2) is 0 Å². The van der Waals surface area contributed by atoms with Gasteiger partial charge in [-0.15, -0.1) is 11.3 Å². The molecule has 1 amide bonds. The van der Waals surface area contributed by atoms with E-state index < -0.39 is 0 Å². The Bertz CT molecular complexity index is 563. The van der Waals surface area contributed by atoms with Gasteiger partial charge in [-0.05, 0) is 18.4 Å². The van der Waals surface area contributed by atoms with Gasteiger partial charge >= 0.3 is 0 Å². The van der Waals surface area contributed by atoms with Crippen molar-refractivity contribution in [1.29, 1.82) is 0 Å². The highest BCUT2D eigenvalue weighted by atomic mass is 32.1. The maximum atomic E-state index is 12.2. The number of aromatic amines is 1. The van der Waals surface area contributed by atoms with E-state index >= 15 is 0 Å². The number of rotatable bonds is 3. The molecule has 0 fully saturated rings. The molecular weight excluding hydrogens is 260 g/mol. The number of hydrogen-bond donors (Lipinski definition) is 3. The Labute approximate surface area is 115 Å². The summed E-state index contributed by atoms with van der Waals surface area (Å²) in [5.74, 6) is 0.0366. The Morgan fingerprint density at radius 2 is 2.53 bits per heavy atom. The van der Waals surface area contributed by atoms with Crippen LogP contribution in [0.5, 0.6) is 0 Å². The van der Waals surface area contributed by atoms with Gasteiger partial charge in [0, 0.05) is 17.8 Å². The third-order valence-electron chi connectivity index (χ3n) is 3.38. The van der Waals surface area contributed by atoms with Crippen LogP contribution in [0.25, 0.3) is 0 Å². The zero-order chi connectivity index (χ0) is 13.2. The van der Waals surface area contributed by atoms with E-state index in [1.165, 1.54) is 4.88 Å². The molecule has 6 heteroatoms. The Kier molecular flexibility index (Phi) is 3.35. The molecule has 2 aromatic rings. The SMILES string of the molecule is C[C@@H](NC(=O)C1Cc2nc[nH]c2CN1)c1cccs1. The fourth-order valence-electron chi connectivity index (χ4n) is 2.28. The standard InChI is InChI=1S/C13H16N4OS/c1-8(12-3-2-4-19-12)17-13(18)10-5-9-11(6-14-10)16-7-15-9/h2-4,7-8,10,14H,5-6H2,1H3,(H,15,16)(H,17,18)/t8-,10?/m1/s1. The van der Waals surface area contributed by atoms with Gasteiger partial charge in [-0.1, -0.05) is 6.07 Å². The Hall–Kier alpha value is -1.66. The van der Waals surface area contributed by atoms with Gasteiger partial charge < -0.3 is 10.3 Å². The minimum atomic E-state index is -0.196. The number of hydrogen-bond acceptors (Lipinski definition) is 4. The fourth-order valence-corrected chi connectivity index (χ4v) is 3.01. The van der Waals surface area contributed by atoms with E-state index in [0.717, 1.165) is 11.4 Å². The second-order valence-corrected chi connectivity index (χ2v) is 5.69. The van der Waals surface area contributed by atoms with E-state index in [0.29, 0.717) is 13.0 Å². The maximum absolute atomic E-state index is 12.2. The minimum absolute atomic E-state index is 0.0366. The molecule has 3 heterocycles. The van der Waals surface area contributed by atoms with Crippen molar-refractivity contribution in [3.8, 4) is 0 Å². The van der Waals surface area contributed by atoms with Crippen molar-refractivity contribution in [2.24, 2.45) is 0 Å². The Balaban J connectivity index is 1.63. The van der Waals surface area contributed by atoms with Crippen LogP contribution in [-0.4, -0.2) is 21.9 Å². The van der Waals surface area contributed by atoms with Crippen molar-refractivity contribution < 1.29 is 4.79 Å². The number of carbonyl (C=O) groups is 1. The van der Waals surface area contributed by atoms with Crippen molar-refractivity contribution in [3.05, 3.63) is 40.1 Å². The number of H-pyrrole nitrogens is 1. The molecule has 0 aliphatic carbocycles. The summed E-state index contributed by atoms with van der Waals surface area (Å²) in [4.78, 5) is 20.7. The lowest BCUT2D eigenvalue weighted by atomic mass is 10.0. The quantitative estimate of drug-likeness (QED) is 0.793. The zero-order valence-corrected chi connectivity index (χ0v) is 11.5. The van der Waals surface area contributed by atoms with Crippen LogP contribution in [0.4, 0.5) is 0 Å². The number of aromatic nitrogens is 2. The van der Waals surface area contributed by atoms with Gasteiger partial charge in [0.1, 0.15) is 0 Å². The number of carbonyl (C=O) groups excluding carboxylic acids is 1. The first-order chi connectivity index (χ1) is 9.24. The van der Waals surface area contributed by atoms with Crippen molar-refractivity contribution in [2.45, 2.75) is 32.0 Å². The van der Waals surface area contributed by atoms with Crippen LogP contribution in [-0.2, 0) is 17.8 Å². The summed E-state index contributed by atoms with van der Waals surface area (Å²) in [7, 11) is 0. The molecule has 0 bridgehead atoms. The molecule has 0 radical (unpaired) electrons. The summed E-state index contributed by atoms with van der Waals surface area (Å²) in [6, 6.07) is 3.89. The van der Waals surface area contributed by atoms with Crippen LogP contribution in [0.1, 0.15) is 29.2 Å². The molecule has 2 atom stereocenters. The Morgan fingerprint density at radius 3 is 3.32 bits per heavy atom.